The van der Waals surface area contributed by atoms with Crippen LogP contribution in [0.25, 0.3) is 60.9 Å². The van der Waals surface area contributed by atoms with E-state index < -0.39 is 0 Å². The van der Waals surface area contributed by atoms with E-state index in [-0.39, 0.29) is 0 Å². The maximum Gasteiger partial charge on any atom is 0.156 e. The third kappa shape index (κ3) is 5.23. The van der Waals surface area contributed by atoms with Crippen LogP contribution < -0.4 is 14.4 Å². The Morgan fingerprint density at radius 2 is 1.02 bits per heavy atom. The Hall–Kier alpha value is -7.82. The van der Waals surface area contributed by atoms with Crippen LogP contribution in [0.3, 0.4) is 0 Å². The van der Waals surface area contributed by atoms with Gasteiger partial charge < -0.3 is 14.0 Å². The molecule has 4 heteroatoms. The van der Waals surface area contributed by atoms with Gasteiger partial charge in [-0.25, -0.2) is 0 Å². The molecule has 11 rings (SSSR count). The average Bonchev–Trinajstić information content (AvgIpc) is 3.61. The summed E-state index contributed by atoms with van der Waals surface area (Å²) >= 11 is 0. The first kappa shape index (κ1) is 33.5. The Labute approximate surface area is 337 Å². The molecule has 2 aliphatic heterocycles. The molecule has 4 nitrogen and oxygen atoms in total. The van der Waals surface area contributed by atoms with Crippen LogP contribution in [0.5, 0.6) is 23.0 Å². The number of benzene rings is 8. The van der Waals surface area contributed by atoms with Gasteiger partial charge in [0.15, 0.2) is 23.0 Å². The fourth-order valence-corrected chi connectivity index (χ4v) is 8.75. The van der Waals surface area contributed by atoms with Crippen molar-refractivity contribution in [2.75, 3.05) is 4.90 Å². The first-order chi connectivity index (χ1) is 28.7. The molecule has 1 aromatic heterocycles. The summed E-state index contributed by atoms with van der Waals surface area (Å²) in [4.78, 5) is 2.32. The van der Waals surface area contributed by atoms with Crippen molar-refractivity contribution in [2.24, 2.45) is 0 Å². The van der Waals surface area contributed by atoms with Gasteiger partial charge in [-0.2, -0.15) is 0 Å². The highest BCUT2D eigenvalue weighted by molar-refractivity contribution is 6.12. The number of anilines is 3. The summed E-state index contributed by atoms with van der Waals surface area (Å²) in [5, 5.41) is 2.31. The van der Waals surface area contributed by atoms with Crippen LogP contribution >= 0.6 is 0 Å². The molecule has 9 aromatic rings. The molecule has 274 valence electrons. The number of allylic oxidation sites excluding steroid dienone is 4. The van der Waals surface area contributed by atoms with Gasteiger partial charge >= 0.3 is 0 Å². The summed E-state index contributed by atoms with van der Waals surface area (Å²) in [7, 11) is 0. The standard InChI is InChI=1S/C54H36N2O2/c1-3-40(35-18-8-5-9-19-35)41(4-2)38-31-52-54-53(32-38)58-51-34-48-45(44-26-16-17-27-46(44)55(48)39-22-12-7-13-23-39)33-49(51)56(54)47-29-28-37(30-50(47)57-52)43-25-15-14-24-42(43)36-20-10-6-11-21-36/h3-34H,1-2H2/b41-40-. The predicted molar refractivity (Wildman–Crippen MR) is 240 cm³/mol. The van der Waals surface area contributed by atoms with E-state index in [0.717, 1.165) is 95.2 Å². The molecule has 0 aliphatic carbocycles. The van der Waals surface area contributed by atoms with Gasteiger partial charge in [0.1, 0.15) is 5.69 Å². The summed E-state index contributed by atoms with van der Waals surface area (Å²) < 4.78 is 16.4. The van der Waals surface area contributed by atoms with E-state index in [2.05, 4.69) is 186 Å². The minimum absolute atomic E-state index is 0.696. The number of rotatable bonds is 7. The van der Waals surface area contributed by atoms with E-state index in [1.54, 1.807) is 0 Å². The molecule has 0 amide bonds. The molecule has 3 heterocycles. The van der Waals surface area contributed by atoms with Gasteiger partial charge in [0.05, 0.1) is 22.4 Å². The molecule has 0 spiro atoms. The highest BCUT2D eigenvalue weighted by Gasteiger charge is 2.36. The Morgan fingerprint density at radius 3 is 1.72 bits per heavy atom. The minimum atomic E-state index is 0.696. The number of nitrogens with zero attached hydrogens (tertiary/aromatic N) is 2. The Balaban J connectivity index is 1.16. The van der Waals surface area contributed by atoms with Crippen molar-refractivity contribution in [3.63, 3.8) is 0 Å². The third-order valence-electron chi connectivity index (χ3n) is 11.3. The van der Waals surface area contributed by atoms with Crippen molar-refractivity contribution in [3.05, 3.63) is 218 Å². The monoisotopic (exact) mass is 744 g/mol. The lowest BCUT2D eigenvalue weighted by atomic mass is 9.92. The molecule has 0 radical (unpaired) electrons. The minimum Gasteiger partial charge on any atom is -0.453 e. The molecule has 0 bridgehead atoms. The van der Waals surface area contributed by atoms with Crippen molar-refractivity contribution in [3.8, 4) is 50.9 Å². The van der Waals surface area contributed by atoms with Gasteiger partial charge in [-0.15, -0.1) is 0 Å². The number of hydrogen-bond donors (Lipinski definition) is 0. The molecule has 0 fully saturated rings. The van der Waals surface area contributed by atoms with Crippen molar-refractivity contribution in [1.82, 2.24) is 4.57 Å². The molecule has 0 saturated carbocycles. The quantitative estimate of drug-likeness (QED) is 0.120. The van der Waals surface area contributed by atoms with Crippen LogP contribution in [0, 0.1) is 0 Å². The Kier molecular flexibility index (Phi) is 7.76. The smallest absolute Gasteiger partial charge is 0.156 e. The average molecular weight is 745 g/mol. The first-order valence-electron chi connectivity index (χ1n) is 19.5. The van der Waals surface area contributed by atoms with Crippen molar-refractivity contribution in [2.45, 2.75) is 0 Å². The summed E-state index contributed by atoms with van der Waals surface area (Å²) in [6.07, 6.45) is 3.79. The zero-order chi connectivity index (χ0) is 38.7. The summed E-state index contributed by atoms with van der Waals surface area (Å²) in [6, 6.07) is 63.7. The maximum atomic E-state index is 7.03. The lowest BCUT2D eigenvalue weighted by Gasteiger charge is -2.38. The second-order valence-electron chi connectivity index (χ2n) is 14.6. The predicted octanol–water partition coefficient (Wildman–Crippen LogP) is 15.1. The molecule has 2 aliphatic rings. The van der Waals surface area contributed by atoms with Crippen molar-refractivity contribution >= 4 is 50.0 Å². The van der Waals surface area contributed by atoms with Gasteiger partial charge in [0.2, 0.25) is 0 Å². The van der Waals surface area contributed by atoms with Crippen LogP contribution in [0.15, 0.2) is 207 Å². The van der Waals surface area contributed by atoms with E-state index in [4.69, 9.17) is 9.47 Å². The van der Waals surface area contributed by atoms with Gasteiger partial charge in [-0.1, -0.05) is 153 Å². The topological polar surface area (TPSA) is 26.6 Å². The van der Waals surface area contributed by atoms with Crippen molar-refractivity contribution in [1.29, 1.82) is 0 Å². The van der Waals surface area contributed by atoms with Gasteiger partial charge in [-0.3, -0.25) is 4.90 Å². The number of fused-ring (bicyclic) bond motifs is 7. The molecule has 8 aromatic carbocycles. The maximum absolute atomic E-state index is 7.03. The molecule has 58 heavy (non-hydrogen) atoms. The summed E-state index contributed by atoms with van der Waals surface area (Å²) in [5.74, 6) is 2.90. The third-order valence-corrected chi connectivity index (χ3v) is 11.3. The SMILES string of the molecule is C=C/C(=C(\C=C)c1cc2c3c(c1)Oc1cc4c(cc1N3c1ccc(-c3ccccc3-c3ccccc3)cc1O2)c1ccccc1n4-c1ccccc1)c1ccccc1. The summed E-state index contributed by atoms with van der Waals surface area (Å²) in [6.45, 7) is 8.48. The van der Waals surface area contributed by atoms with Crippen LogP contribution in [0.2, 0.25) is 0 Å². The van der Waals surface area contributed by atoms with E-state index in [9.17, 15) is 0 Å². The lowest BCUT2D eigenvalue weighted by molar-refractivity contribution is 0.446. The normalized spacial score (nSPS) is 12.8. The zero-order valence-electron chi connectivity index (χ0n) is 31.6. The van der Waals surface area contributed by atoms with E-state index in [0.29, 0.717) is 11.5 Å². The fourth-order valence-electron chi connectivity index (χ4n) is 8.75. The molecule has 0 unspecified atom stereocenters. The van der Waals surface area contributed by atoms with E-state index >= 15 is 0 Å². The molecule has 0 N–H and O–H groups in total. The van der Waals surface area contributed by atoms with Crippen LogP contribution in [0.1, 0.15) is 11.1 Å². The molecule has 0 atom stereocenters. The van der Waals surface area contributed by atoms with Crippen LogP contribution in [-0.2, 0) is 0 Å². The number of hydrogen-bond acceptors (Lipinski definition) is 3. The Bertz CT molecular complexity index is 3140. The lowest BCUT2D eigenvalue weighted by Crippen LogP contribution is -2.20. The largest absolute Gasteiger partial charge is 0.453 e. The van der Waals surface area contributed by atoms with Gasteiger partial charge in [0, 0.05) is 22.5 Å². The molecule has 0 saturated heterocycles. The summed E-state index contributed by atoms with van der Waals surface area (Å²) in [5.41, 5.74) is 14.4. The van der Waals surface area contributed by atoms with Gasteiger partial charge in [-0.05, 0) is 93.1 Å². The molecular formula is C54H36N2O2. The van der Waals surface area contributed by atoms with E-state index in [1.807, 2.05) is 30.4 Å². The highest BCUT2D eigenvalue weighted by atomic mass is 16.5. The van der Waals surface area contributed by atoms with Crippen molar-refractivity contribution < 1.29 is 9.47 Å². The van der Waals surface area contributed by atoms with Crippen LogP contribution in [0.4, 0.5) is 17.1 Å². The van der Waals surface area contributed by atoms with E-state index in [1.165, 1.54) is 5.39 Å². The van der Waals surface area contributed by atoms with Crippen LogP contribution in [-0.4, -0.2) is 4.57 Å². The van der Waals surface area contributed by atoms with Gasteiger partial charge in [0.25, 0.3) is 0 Å². The Morgan fingerprint density at radius 1 is 0.431 bits per heavy atom. The first-order valence-corrected chi connectivity index (χ1v) is 19.5. The highest BCUT2D eigenvalue weighted by Crippen LogP contribution is 2.61. The zero-order valence-corrected chi connectivity index (χ0v) is 31.6. The number of para-hydroxylation sites is 2. The second-order valence-corrected chi connectivity index (χ2v) is 14.6. The number of aromatic nitrogens is 1. The fraction of sp³-hybridized carbons (Fsp3) is 0. The molecular weight excluding hydrogens is 709 g/mol. The number of ether oxygens (including phenoxy) is 2. The second kappa shape index (κ2) is 13.4.